The van der Waals surface area contributed by atoms with Crippen molar-refractivity contribution in [3.63, 3.8) is 0 Å². The Morgan fingerprint density at radius 1 is 1.33 bits per heavy atom. The molecule has 1 aromatic heterocycles. The van der Waals surface area contributed by atoms with Gasteiger partial charge in [0.15, 0.2) is 0 Å². The molecule has 1 atom stereocenters. The van der Waals surface area contributed by atoms with Crippen molar-refractivity contribution < 1.29 is 9.52 Å². The molecule has 0 bridgehead atoms. The Bertz CT molecular complexity index is 799. The van der Waals surface area contributed by atoms with Crippen LogP contribution in [-0.4, -0.2) is 22.6 Å². The molecule has 3 rings (SSSR count). The first-order valence-electron chi connectivity index (χ1n) is 8.76. The number of aromatic hydroxyl groups is 1. The maximum absolute atomic E-state index is 11.9. The van der Waals surface area contributed by atoms with Crippen molar-refractivity contribution in [1.82, 2.24) is 4.90 Å². The number of hydrogen-bond donors (Lipinski definition) is 1. The van der Waals surface area contributed by atoms with Gasteiger partial charge in [-0.05, 0) is 43.9 Å². The Balaban J connectivity index is 2.13. The normalized spacial score (nSPS) is 19.0. The molecule has 1 aromatic carbocycles. The van der Waals surface area contributed by atoms with Gasteiger partial charge in [0.1, 0.15) is 11.3 Å². The van der Waals surface area contributed by atoms with Crippen LogP contribution in [0.15, 0.2) is 21.3 Å². The molecule has 0 spiro atoms. The largest absolute Gasteiger partial charge is 0.506 e. The van der Waals surface area contributed by atoms with Crippen LogP contribution in [-0.2, 0) is 13.0 Å². The SMILES string of the molecule is CCc1cc(=O)oc2c(CN3CCCC[C@@H]3CC)c(O)c(Cl)cc12. The van der Waals surface area contributed by atoms with Crippen molar-refractivity contribution in [3.05, 3.63) is 38.7 Å². The number of phenols is 1. The fraction of sp³-hybridized carbons (Fsp3) is 0.526. The summed E-state index contributed by atoms with van der Waals surface area (Å²) in [5, 5.41) is 11.6. The second kappa shape index (κ2) is 7.16. The van der Waals surface area contributed by atoms with Crippen LogP contribution in [0.5, 0.6) is 5.75 Å². The number of rotatable bonds is 4. The van der Waals surface area contributed by atoms with Gasteiger partial charge in [0.2, 0.25) is 0 Å². The lowest BCUT2D eigenvalue weighted by molar-refractivity contribution is 0.135. The third-order valence-corrected chi connectivity index (χ3v) is 5.39. The van der Waals surface area contributed by atoms with Gasteiger partial charge in [-0.3, -0.25) is 4.90 Å². The molecule has 0 aliphatic carbocycles. The second-order valence-electron chi connectivity index (χ2n) is 6.53. The molecular formula is C19H24ClNO3. The first-order valence-corrected chi connectivity index (χ1v) is 9.14. The summed E-state index contributed by atoms with van der Waals surface area (Å²) in [6.45, 7) is 5.72. The van der Waals surface area contributed by atoms with E-state index >= 15 is 0 Å². The van der Waals surface area contributed by atoms with Gasteiger partial charge in [0.05, 0.1) is 10.6 Å². The monoisotopic (exact) mass is 349 g/mol. The number of hydrogen-bond acceptors (Lipinski definition) is 4. The summed E-state index contributed by atoms with van der Waals surface area (Å²) in [7, 11) is 0. The van der Waals surface area contributed by atoms with Gasteiger partial charge in [-0.1, -0.05) is 31.9 Å². The van der Waals surface area contributed by atoms with E-state index in [0.717, 1.165) is 30.3 Å². The summed E-state index contributed by atoms with van der Waals surface area (Å²) in [4.78, 5) is 14.3. The molecule has 1 aliphatic heterocycles. The topological polar surface area (TPSA) is 53.7 Å². The molecule has 1 aliphatic rings. The third-order valence-electron chi connectivity index (χ3n) is 5.10. The van der Waals surface area contributed by atoms with Gasteiger partial charge in [0, 0.05) is 24.0 Å². The van der Waals surface area contributed by atoms with E-state index in [-0.39, 0.29) is 11.4 Å². The predicted octanol–water partition coefficient (Wildman–Crippen LogP) is 4.48. The fourth-order valence-corrected chi connectivity index (χ4v) is 3.98. The Labute approximate surface area is 147 Å². The number of halogens is 1. The zero-order chi connectivity index (χ0) is 17.3. The molecule has 1 fully saturated rings. The van der Waals surface area contributed by atoms with E-state index in [1.807, 2.05) is 6.92 Å². The smallest absolute Gasteiger partial charge is 0.336 e. The zero-order valence-electron chi connectivity index (χ0n) is 14.3. The molecular weight excluding hydrogens is 326 g/mol. The van der Waals surface area contributed by atoms with Gasteiger partial charge < -0.3 is 9.52 Å². The first kappa shape index (κ1) is 17.3. The minimum Gasteiger partial charge on any atom is -0.506 e. The summed E-state index contributed by atoms with van der Waals surface area (Å²) in [5.41, 5.74) is 1.62. The van der Waals surface area contributed by atoms with Crippen molar-refractivity contribution in [2.45, 2.75) is 58.5 Å². The van der Waals surface area contributed by atoms with E-state index in [0.29, 0.717) is 35.2 Å². The average Bonchev–Trinajstić information content (AvgIpc) is 2.59. The first-order chi connectivity index (χ1) is 11.5. The summed E-state index contributed by atoms with van der Waals surface area (Å²) in [6, 6.07) is 3.70. The van der Waals surface area contributed by atoms with E-state index in [4.69, 9.17) is 16.0 Å². The standard InChI is InChI=1S/C19H24ClNO3/c1-3-12-9-17(22)24-19-14(12)10-16(20)18(23)15(19)11-21-8-6-5-7-13(21)4-2/h9-10,13,23H,3-8,11H2,1-2H3/t13-/m0/s1. The Morgan fingerprint density at radius 3 is 2.83 bits per heavy atom. The lowest BCUT2D eigenvalue weighted by atomic mass is 9.98. The summed E-state index contributed by atoms with van der Waals surface area (Å²) in [6.07, 6.45) is 5.35. The van der Waals surface area contributed by atoms with Crippen LogP contribution in [0.3, 0.4) is 0 Å². The number of fused-ring (bicyclic) bond motifs is 1. The molecule has 1 saturated heterocycles. The molecule has 0 radical (unpaired) electrons. The molecule has 1 N–H and O–H groups in total. The number of phenolic OH excluding ortho intramolecular Hbond substituents is 1. The number of likely N-dealkylation sites (tertiary alicyclic amines) is 1. The van der Waals surface area contributed by atoms with Crippen LogP contribution >= 0.6 is 11.6 Å². The van der Waals surface area contributed by atoms with E-state index in [9.17, 15) is 9.90 Å². The maximum atomic E-state index is 11.9. The Morgan fingerprint density at radius 2 is 2.12 bits per heavy atom. The van der Waals surface area contributed by atoms with Crippen LogP contribution in [0.1, 0.15) is 50.7 Å². The molecule has 24 heavy (non-hydrogen) atoms. The molecule has 0 unspecified atom stereocenters. The van der Waals surface area contributed by atoms with Crippen molar-refractivity contribution in [3.8, 4) is 5.75 Å². The van der Waals surface area contributed by atoms with Crippen LogP contribution < -0.4 is 5.63 Å². The van der Waals surface area contributed by atoms with Gasteiger partial charge >= 0.3 is 5.63 Å². The van der Waals surface area contributed by atoms with Crippen LogP contribution in [0.4, 0.5) is 0 Å². The molecule has 4 nitrogen and oxygen atoms in total. The molecule has 0 amide bonds. The summed E-state index contributed by atoms with van der Waals surface area (Å²) >= 11 is 6.26. The third kappa shape index (κ3) is 3.17. The van der Waals surface area contributed by atoms with Crippen molar-refractivity contribution in [2.75, 3.05) is 6.54 Å². The van der Waals surface area contributed by atoms with Gasteiger partial charge in [-0.25, -0.2) is 4.79 Å². The Kier molecular flexibility index (Phi) is 5.16. The summed E-state index contributed by atoms with van der Waals surface area (Å²) < 4.78 is 5.48. The lowest BCUT2D eigenvalue weighted by Crippen LogP contribution is -2.38. The van der Waals surface area contributed by atoms with Crippen LogP contribution in [0, 0.1) is 0 Å². The summed E-state index contributed by atoms with van der Waals surface area (Å²) in [5.74, 6) is 0.0287. The molecule has 2 aromatic rings. The second-order valence-corrected chi connectivity index (χ2v) is 6.94. The number of piperidine rings is 1. The van der Waals surface area contributed by atoms with Gasteiger partial charge in [0.25, 0.3) is 0 Å². The van der Waals surface area contributed by atoms with Gasteiger partial charge in [-0.2, -0.15) is 0 Å². The molecule has 5 heteroatoms. The number of aryl methyl sites for hydroxylation is 1. The molecule has 130 valence electrons. The number of benzene rings is 1. The zero-order valence-corrected chi connectivity index (χ0v) is 15.0. The fourth-order valence-electron chi connectivity index (χ4n) is 3.75. The highest BCUT2D eigenvalue weighted by atomic mass is 35.5. The average molecular weight is 350 g/mol. The predicted molar refractivity (Wildman–Crippen MR) is 96.9 cm³/mol. The minimum atomic E-state index is -0.381. The highest BCUT2D eigenvalue weighted by Crippen LogP contribution is 2.37. The highest BCUT2D eigenvalue weighted by Gasteiger charge is 2.25. The van der Waals surface area contributed by atoms with Gasteiger partial charge in [-0.15, -0.1) is 0 Å². The van der Waals surface area contributed by atoms with Crippen LogP contribution in [0.2, 0.25) is 5.02 Å². The van der Waals surface area contributed by atoms with Crippen molar-refractivity contribution in [2.24, 2.45) is 0 Å². The number of nitrogens with zero attached hydrogens (tertiary/aromatic N) is 1. The van der Waals surface area contributed by atoms with E-state index in [2.05, 4.69) is 11.8 Å². The quantitative estimate of drug-likeness (QED) is 0.827. The van der Waals surface area contributed by atoms with Crippen LogP contribution in [0.25, 0.3) is 11.0 Å². The maximum Gasteiger partial charge on any atom is 0.336 e. The minimum absolute atomic E-state index is 0.0287. The van der Waals surface area contributed by atoms with E-state index in [1.54, 1.807) is 6.07 Å². The molecule has 2 heterocycles. The highest BCUT2D eigenvalue weighted by molar-refractivity contribution is 6.33. The van der Waals surface area contributed by atoms with E-state index in [1.165, 1.54) is 18.9 Å². The van der Waals surface area contributed by atoms with Crippen molar-refractivity contribution >= 4 is 22.6 Å². The van der Waals surface area contributed by atoms with Crippen molar-refractivity contribution in [1.29, 1.82) is 0 Å². The lowest BCUT2D eigenvalue weighted by Gasteiger charge is -2.35. The molecule has 0 saturated carbocycles. The Hall–Kier alpha value is -1.52. The van der Waals surface area contributed by atoms with E-state index < -0.39 is 0 Å².